The first-order chi connectivity index (χ1) is 19.0. The highest BCUT2D eigenvalue weighted by Crippen LogP contribution is 2.26. The number of carbonyl (C=O) groups is 1. The number of thioether (sulfide) groups is 1. The summed E-state index contributed by atoms with van der Waals surface area (Å²) >= 11 is 7.31. The Kier molecular flexibility index (Phi) is 8.00. The Hall–Kier alpha value is -4.47. The van der Waals surface area contributed by atoms with Gasteiger partial charge in [0.05, 0.1) is 10.7 Å². The van der Waals surface area contributed by atoms with Gasteiger partial charge in [-0.3, -0.25) is 19.5 Å². The summed E-state index contributed by atoms with van der Waals surface area (Å²) in [6, 6.07) is 30.6. The smallest absolute Gasteiger partial charge is 0.269 e. The predicted octanol–water partition coefficient (Wildman–Crippen LogP) is 7.05. The molecule has 1 aromatic heterocycles. The van der Waals surface area contributed by atoms with Gasteiger partial charge >= 0.3 is 0 Å². The van der Waals surface area contributed by atoms with Crippen molar-refractivity contribution >= 4 is 34.8 Å². The minimum absolute atomic E-state index is 0.0685. The van der Waals surface area contributed by atoms with Crippen molar-refractivity contribution < 1.29 is 14.5 Å². The molecule has 0 aliphatic heterocycles. The van der Waals surface area contributed by atoms with E-state index < -0.39 is 4.92 Å². The molecule has 0 spiro atoms. The van der Waals surface area contributed by atoms with E-state index in [1.54, 1.807) is 12.1 Å². The number of hydrogen-bond donors (Lipinski definition) is 0. The lowest BCUT2D eigenvalue weighted by atomic mass is 10.1. The molecule has 39 heavy (non-hydrogen) atoms. The zero-order valence-electron chi connectivity index (χ0n) is 20.4. The maximum atomic E-state index is 12.7. The van der Waals surface area contributed by atoms with Crippen molar-refractivity contribution in [3.05, 3.63) is 130 Å². The van der Waals surface area contributed by atoms with Crippen LogP contribution >= 0.6 is 23.4 Å². The average molecular weight is 557 g/mol. The van der Waals surface area contributed by atoms with E-state index in [4.69, 9.17) is 16.3 Å². The first-order valence-corrected chi connectivity index (χ1v) is 13.2. The van der Waals surface area contributed by atoms with Crippen molar-refractivity contribution in [2.75, 3.05) is 5.75 Å². The van der Waals surface area contributed by atoms with E-state index in [2.05, 4.69) is 22.3 Å². The van der Waals surface area contributed by atoms with Crippen molar-refractivity contribution in [1.82, 2.24) is 14.8 Å². The van der Waals surface area contributed by atoms with Gasteiger partial charge in [-0.05, 0) is 59.7 Å². The number of ketones is 1. The lowest BCUT2D eigenvalue weighted by molar-refractivity contribution is -0.384. The fraction of sp³-hybridized carbons (Fsp3) is 0.0690. The summed E-state index contributed by atoms with van der Waals surface area (Å²) < 4.78 is 7.85. The number of rotatable bonds is 10. The monoisotopic (exact) mass is 556 g/mol. The maximum absolute atomic E-state index is 12.7. The minimum atomic E-state index is -0.501. The predicted molar refractivity (Wildman–Crippen MR) is 151 cm³/mol. The SMILES string of the molecule is O=C(CSc1nnc(COc2ccc(-c3ccccc3)cc2)n1-c1ccc(Cl)cc1)c1ccc([N+](=O)[O-])cc1. The lowest BCUT2D eigenvalue weighted by Gasteiger charge is -2.12. The third kappa shape index (κ3) is 6.34. The van der Waals surface area contributed by atoms with Crippen LogP contribution < -0.4 is 4.74 Å². The van der Waals surface area contributed by atoms with Crippen LogP contribution in [-0.2, 0) is 6.61 Å². The number of non-ortho nitro benzene ring substituents is 1. The molecule has 194 valence electrons. The summed E-state index contributed by atoms with van der Waals surface area (Å²) in [5.41, 5.74) is 3.29. The molecule has 0 N–H and O–H groups in total. The standard InChI is InChI=1S/C29H21ClN4O4S/c30-23-10-14-24(15-11-23)33-28(18-38-26-16-8-21(9-17-26)20-4-2-1-3-5-20)31-32-29(33)39-19-27(35)22-6-12-25(13-7-22)34(36)37/h1-17H,18-19H2. The molecule has 4 aromatic carbocycles. The summed E-state index contributed by atoms with van der Waals surface area (Å²) in [5, 5.41) is 20.6. The minimum Gasteiger partial charge on any atom is -0.486 e. The van der Waals surface area contributed by atoms with E-state index in [1.165, 1.54) is 36.0 Å². The Morgan fingerprint density at radius 2 is 1.54 bits per heavy atom. The van der Waals surface area contributed by atoms with Crippen LogP contribution in [0.1, 0.15) is 16.2 Å². The van der Waals surface area contributed by atoms with Gasteiger partial charge in [-0.2, -0.15) is 0 Å². The second-order valence-corrected chi connectivity index (χ2v) is 9.78. The Labute approximate surface area is 233 Å². The molecule has 0 aliphatic rings. The summed E-state index contributed by atoms with van der Waals surface area (Å²) in [4.78, 5) is 23.1. The molecule has 8 nitrogen and oxygen atoms in total. The van der Waals surface area contributed by atoms with Crippen LogP contribution in [0.25, 0.3) is 16.8 Å². The number of carbonyl (C=O) groups excluding carboxylic acids is 1. The number of nitro benzene ring substituents is 1. The third-order valence-corrected chi connectivity index (χ3v) is 7.03. The number of nitro groups is 1. The van der Waals surface area contributed by atoms with Gasteiger partial charge in [-0.25, -0.2) is 0 Å². The number of aromatic nitrogens is 3. The molecule has 0 radical (unpaired) electrons. The zero-order valence-corrected chi connectivity index (χ0v) is 22.0. The number of hydrogen-bond acceptors (Lipinski definition) is 7. The fourth-order valence-electron chi connectivity index (χ4n) is 3.84. The molecule has 0 unspecified atom stereocenters. The molecular formula is C29H21ClN4O4S. The number of halogens is 1. The summed E-state index contributed by atoms with van der Waals surface area (Å²) in [6.07, 6.45) is 0. The van der Waals surface area contributed by atoms with Crippen molar-refractivity contribution in [2.24, 2.45) is 0 Å². The van der Waals surface area contributed by atoms with Gasteiger partial charge in [0.2, 0.25) is 0 Å². The topological polar surface area (TPSA) is 100 Å². The quantitative estimate of drug-likeness (QED) is 0.0786. The van der Waals surface area contributed by atoms with Crippen molar-refractivity contribution in [2.45, 2.75) is 11.8 Å². The highest BCUT2D eigenvalue weighted by Gasteiger charge is 2.18. The van der Waals surface area contributed by atoms with Gasteiger partial charge in [-0.15, -0.1) is 10.2 Å². The Bertz CT molecular complexity index is 1590. The van der Waals surface area contributed by atoms with Crippen LogP contribution in [0, 0.1) is 10.1 Å². The van der Waals surface area contributed by atoms with Gasteiger partial charge in [-0.1, -0.05) is 65.8 Å². The molecule has 0 saturated heterocycles. The lowest BCUT2D eigenvalue weighted by Crippen LogP contribution is -2.08. The Morgan fingerprint density at radius 1 is 0.872 bits per heavy atom. The third-order valence-electron chi connectivity index (χ3n) is 5.85. The van der Waals surface area contributed by atoms with E-state index >= 15 is 0 Å². The zero-order chi connectivity index (χ0) is 27.2. The molecule has 0 atom stereocenters. The molecule has 0 amide bonds. The van der Waals surface area contributed by atoms with Crippen molar-refractivity contribution in [1.29, 1.82) is 0 Å². The molecular weight excluding hydrogens is 536 g/mol. The number of nitrogens with zero attached hydrogens (tertiary/aromatic N) is 4. The Morgan fingerprint density at radius 3 is 2.21 bits per heavy atom. The number of ether oxygens (including phenoxy) is 1. The van der Waals surface area contributed by atoms with Crippen LogP contribution in [0.15, 0.2) is 108 Å². The van der Waals surface area contributed by atoms with E-state index in [0.29, 0.717) is 27.3 Å². The second-order valence-electron chi connectivity index (χ2n) is 8.41. The molecule has 10 heteroatoms. The summed E-state index contributed by atoms with van der Waals surface area (Å²) in [5.74, 6) is 1.13. The van der Waals surface area contributed by atoms with Gasteiger partial charge in [0, 0.05) is 28.4 Å². The fourth-order valence-corrected chi connectivity index (χ4v) is 4.83. The molecule has 0 fully saturated rings. The molecule has 1 heterocycles. The second kappa shape index (κ2) is 11.9. The van der Waals surface area contributed by atoms with Crippen LogP contribution in [0.3, 0.4) is 0 Å². The van der Waals surface area contributed by atoms with Crippen LogP contribution in [0.5, 0.6) is 5.75 Å². The van der Waals surface area contributed by atoms with E-state index in [9.17, 15) is 14.9 Å². The van der Waals surface area contributed by atoms with Crippen LogP contribution in [0.2, 0.25) is 5.02 Å². The maximum Gasteiger partial charge on any atom is 0.269 e. The molecule has 0 saturated carbocycles. The highest BCUT2D eigenvalue weighted by atomic mass is 35.5. The van der Waals surface area contributed by atoms with Crippen molar-refractivity contribution in [3.8, 4) is 22.6 Å². The first-order valence-electron chi connectivity index (χ1n) is 11.9. The number of benzene rings is 4. The summed E-state index contributed by atoms with van der Waals surface area (Å²) in [7, 11) is 0. The molecule has 5 aromatic rings. The van der Waals surface area contributed by atoms with Gasteiger partial charge in [0.15, 0.2) is 16.8 Å². The highest BCUT2D eigenvalue weighted by molar-refractivity contribution is 7.99. The normalized spacial score (nSPS) is 10.8. The first kappa shape index (κ1) is 26.1. The summed E-state index contributed by atoms with van der Waals surface area (Å²) in [6.45, 7) is 0.150. The van der Waals surface area contributed by atoms with Gasteiger partial charge in [0.25, 0.3) is 5.69 Å². The van der Waals surface area contributed by atoms with Crippen LogP contribution in [-0.4, -0.2) is 31.2 Å². The van der Waals surface area contributed by atoms with Gasteiger partial charge < -0.3 is 4.74 Å². The average Bonchev–Trinajstić information content (AvgIpc) is 3.38. The van der Waals surface area contributed by atoms with E-state index in [0.717, 1.165) is 16.8 Å². The van der Waals surface area contributed by atoms with Gasteiger partial charge in [0.1, 0.15) is 12.4 Å². The molecule has 5 rings (SSSR count). The van der Waals surface area contributed by atoms with E-state index in [1.807, 2.05) is 59.2 Å². The van der Waals surface area contributed by atoms with Crippen molar-refractivity contribution in [3.63, 3.8) is 0 Å². The number of Topliss-reactive ketones (excluding diaryl/α,β-unsaturated/α-hetero) is 1. The molecule has 0 aliphatic carbocycles. The Balaban J connectivity index is 1.32. The van der Waals surface area contributed by atoms with E-state index in [-0.39, 0.29) is 23.8 Å². The largest absolute Gasteiger partial charge is 0.486 e. The van der Waals surface area contributed by atoms with Crippen LogP contribution in [0.4, 0.5) is 5.69 Å². The molecule has 0 bridgehead atoms.